The molecule has 0 unspecified atom stereocenters. The van der Waals surface area contributed by atoms with Gasteiger partial charge in [0.2, 0.25) is 10.6 Å². The second-order valence-corrected chi connectivity index (χ2v) is 5.44. The van der Waals surface area contributed by atoms with Gasteiger partial charge in [-0.3, -0.25) is 4.79 Å². The SMILES string of the molecule is O=C(Oc1cc(=O)sc(-c2ccccc2)n1)c1ccccc1. The zero-order valence-corrected chi connectivity index (χ0v) is 12.2. The van der Waals surface area contributed by atoms with Crippen LogP contribution in [0.4, 0.5) is 0 Å². The van der Waals surface area contributed by atoms with Crippen LogP contribution in [0.25, 0.3) is 10.6 Å². The smallest absolute Gasteiger partial charge is 0.344 e. The molecule has 0 spiro atoms. The number of ether oxygens (including phenoxy) is 1. The van der Waals surface area contributed by atoms with E-state index in [0.29, 0.717) is 10.6 Å². The predicted molar refractivity (Wildman–Crippen MR) is 85.2 cm³/mol. The molecule has 0 N–H and O–H groups in total. The Morgan fingerprint density at radius 3 is 2.27 bits per heavy atom. The maximum Gasteiger partial charge on any atom is 0.344 e. The summed E-state index contributed by atoms with van der Waals surface area (Å²) in [6.45, 7) is 0. The maximum atomic E-state index is 12.0. The molecule has 0 aliphatic heterocycles. The number of esters is 1. The Bertz CT molecular complexity index is 845. The third-order valence-corrected chi connectivity index (χ3v) is 3.72. The molecule has 0 amide bonds. The van der Waals surface area contributed by atoms with Gasteiger partial charge in [-0.15, -0.1) is 0 Å². The summed E-state index contributed by atoms with van der Waals surface area (Å²) in [5, 5.41) is 0.518. The van der Waals surface area contributed by atoms with Crippen molar-refractivity contribution in [2.24, 2.45) is 0 Å². The molecule has 22 heavy (non-hydrogen) atoms. The van der Waals surface area contributed by atoms with Crippen molar-refractivity contribution >= 4 is 17.3 Å². The summed E-state index contributed by atoms with van der Waals surface area (Å²) in [4.78, 5) is 28.0. The van der Waals surface area contributed by atoms with Crippen LogP contribution < -0.4 is 9.48 Å². The summed E-state index contributed by atoms with van der Waals surface area (Å²) in [5.74, 6) is -0.529. The number of nitrogens with zero attached hydrogens (tertiary/aromatic N) is 1. The Hall–Kier alpha value is -2.79. The van der Waals surface area contributed by atoms with E-state index in [1.807, 2.05) is 36.4 Å². The summed E-state index contributed by atoms with van der Waals surface area (Å²) in [5.41, 5.74) is 1.22. The molecule has 3 aromatic rings. The van der Waals surface area contributed by atoms with E-state index in [4.69, 9.17) is 4.74 Å². The largest absolute Gasteiger partial charge is 0.404 e. The highest BCUT2D eigenvalue weighted by molar-refractivity contribution is 7.12. The van der Waals surface area contributed by atoms with Gasteiger partial charge in [-0.05, 0) is 12.1 Å². The van der Waals surface area contributed by atoms with Crippen LogP contribution in [-0.4, -0.2) is 11.0 Å². The molecule has 108 valence electrons. The molecular formula is C17H11NO3S. The van der Waals surface area contributed by atoms with E-state index in [-0.39, 0.29) is 10.6 Å². The van der Waals surface area contributed by atoms with Crippen LogP contribution in [0.5, 0.6) is 5.88 Å². The normalized spacial score (nSPS) is 10.2. The third-order valence-electron chi connectivity index (χ3n) is 2.88. The summed E-state index contributed by atoms with van der Waals surface area (Å²) in [6.07, 6.45) is 0. The van der Waals surface area contributed by atoms with Crippen LogP contribution in [0.2, 0.25) is 0 Å². The molecule has 4 nitrogen and oxygen atoms in total. The lowest BCUT2D eigenvalue weighted by molar-refractivity contribution is 0.0728. The quantitative estimate of drug-likeness (QED) is 0.696. The van der Waals surface area contributed by atoms with Gasteiger partial charge >= 0.3 is 5.97 Å². The molecule has 0 atom stereocenters. The summed E-state index contributed by atoms with van der Waals surface area (Å²) < 4.78 is 4.98. The van der Waals surface area contributed by atoms with Crippen molar-refractivity contribution in [3.63, 3.8) is 0 Å². The molecule has 0 bridgehead atoms. The number of benzene rings is 2. The van der Waals surface area contributed by atoms with Crippen LogP contribution in [0.3, 0.4) is 0 Å². The number of hydrogen-bond acceptors (Lipinski definition) is 5. The second-order valence-electron chi connectivity index (χ2n) is 4.44. The Kier molecular flexibility index (Phi) is 4.07. The topological polar surface area (TPSA) is 56.3 Å². The van der Waals surface area contributed by atoms with Crippen molar-refractivity contribution in [1.29, 1.82) is 0 Å². The van der Waals surface area contributed by atoms with Gasteiger partial charge in [0.25, 0.3) is 0 Å². The van der Waals surface area contributed by atoms with Crippen LogP contribution >= 0.6 is 11.3 Å². The fourth-order valence-electron chi connectivity index (χ4n) is 1.87. The number of aromatic nitrogens is 1. The number of carbonyl (C=O) groups excluding carboxylic acids is 1. The molecule has 0 fully saturated rings. The van der Waals surface area contributed by atoms with E-state index in [2.05, 4.69) is 4.98 Å². The van der Waals surface area contributed by atoms with Gasteiger partial charge in [0, 0.05) is 5.56 Å². The first-order valence-corrected chi connectivity index (χ1v) is 7.39. The summed E-state index contributed by atoms with van der Waals surface area (Å²) in [7, 11) is 0. The van der Waals surface area contributed by atoms with E-state index >= 15 is 0 Å². The lowest BCUT2D eigenvalue weighted by atomic mass is 10.2. The lowest BCUT2D eigenvalue weighted by Gasteiger charge is -2.04. The molecule has 2 aromatic carbocycles. The average molecular weight is 309 g/mol. The Labute approximate surface area is 130 Å². The van der Waals surface area contributed by atoms with E-state index in [9.17, 15) is 9.59 Å². The lowest BCUT2D eigenvalue weighted by Crippen LogP contribution is -2.11. The molecule has 0 aliphatic rings. The molecule has 1 aromatic heterocycles. The van der Waals surface area contributed by atoms with Crippen molar-refractivity contribution in [1.82, 2.24) is 4.98 Å². The van der Waals surface area contributed by atoms with Crippen LogP contribution in [0, 0.1) is 0 Å². The monoisotopic (exact) mass is 309 g/mol. The minimum atomic E-state index is -0.539. The molecule has 0 aliphatic carbocycles. The fraction of sp³-hybridized carbons (Fsp3) is 0. The zero-order valence-electron chi connectivity index (χ0n) is 11.4. The molecule has 0 radical (unpaired) electrons. The van der Waals surface area contributed by atoms with E-state index in [1.54, 1.807) is 24.3 Å². The van der Waals surface area contributed by atoms with Crippen LogP contribution in [0.15, 0.2) is 71.5 Å². The van der Waals surface area contributed by atoms with Crippen molar-refractivity contribution in [3.8, 4) is 16.5 Å². The first kappa shape index (κ1) is 14.2. The number of rotatable bonds is 3. The summed E-state index contributed by atoms with van der Waals surface area (Å²) in [6, 6.07) is 19.1. The fourth-order valence-corrected chi connectivity index (χ4v) is 2.61. The standard InChI is InChI=1S/C17H11NO3S/c19-15-11-14(21-17(20)13-9-5-2-6-10-13)18-16(22-15)12-7-3-1-4-8-12/h1-11H. The van der Waals surface area contributed by atoms with Gasteiger partial charge in [0.1, 0.15) is 5.01 Å². The van der Waals surface area contributed by atoms with Gasteiger partial charge in [-0.25, -0.2) is 9.78 Å². The molecular weight excluding hydrogens is 298 g/mol. The average Bonchev–Trinajstić information content (AvgIpc) is 2.56. The molecule has 1 heterocycles. The maximum absolute atomic E-state index is 12.0. The zero-order chi connectivity index (χ0) is 15.4. The van der Waals surface area contributed by atoms with Crippen molar-refractivity contribution in [2.75, 3.05) is 0 Å². The Balaban J connectivity index is 1.91. The van der Waals surface area contributed by atoms with Crippen LogP contribution in [0.1, 0.15) is 10.4 Å². The molecule has 3 rings (SSSR count). The molecule has 0 saturated heterocycles. The minimum absolute atomic E-state index is 0.0106. The van der Waals surface area contributed by atoms with Crippen molar-refractivity contribution in [3.05, 3.63) is 81.8 Å². The molecule has 0 saturated carbocycles. The third kappa shape index (κ3) is 3.27. The highest BCUT2D eigenvalue weighted by Gasteiger charge is 2.11. The highest BCUT2D eigenvalue weighted by Crippen LogP contribution is 2.21. The first-order chi connectivity index (χ1) is 10.7. The second kappa shape index (κ2) is 6.32. The van der Waals surface area contributed by atoms with Gasteiger partial charge in [-0.1, -0.05) is 59.9 Å². The van der Waals surface area contributed by atoms with Gasteiger partial charge in [0.15, 0.2) is 0 Å². The number of carbonyl (C=O) groups is 1. The van der Waals surface area contributed by atoms with E-state index in [1.165, 1.54) is 6.07 Å². The van der Waals surface area contributed by atoms with E-state index in [0.717, 1.165) is 16.9 Å². The van der Waals surface area contributed by atoms with Crippen molar-refractivity contribution in [2.45, 2.75) is 0 Å². The predicted octanol–water partition coefficient (Wildman–Crippen LogP) is 3.39. The van der Waals surface area contributed by atoms with Gasteiger partial charge in [0.05, 0.1) is 11.6 Å². The highest BCUT2D eigenvalue weighted by atomic mass is 32.1. The number of hydrogen-bond donors (Lipinski definition) is 0. The van der Waals surface area contributed by atoms with Gasteiger partial charge in [-0.2, -0.15) is 0 Å². The van der Waals surface area contributed by atoms with Gasteiger partial charge < -0.3 is 4.74 Å². The van der Waals surface area contributed by atoms with Crippen LogP contribution in [-0.2, 0) is 0 Å². The first-order valence-electron chi connectivity index (χ1n) is 6.57. The van der Waals surface area contributed by atoms with Crippen molar-refractivity contribution < 1.29 is 9.53 Å². The Morgan fingerprint density at radius 2 is 1.59 bits per heavy atom. The Morgan fingerprint density at radius 1 is 0.955 bits per heavy atom. The minimum Gasteiger partial charge on any atom is -0.404 e. The van der Waals surface area contributed by atoms with E-state index < -0.39 is 5.97 Å². The summed E-state index contributed by atoms with van der Waals surface area (Å²) >= 11 is 1.01. The molecule has 5 heteroatoms.